The number of carbonyl (C=O) groups is 1. The highest BCUT2D eigenvalue weighted by Crippen LogP contribution is 2.08. The second kappa shape index (κ2) is 4.34. The van der Waals surface area contributed by atoms with Crippen molar-refractivity contribution in [3.8, 4) is 0 Å². The third kappa shape index (κ3) is 2.50. The molecule has 1 aliphatic rings. The van der Waals surface area contributed by atoms with E-state index >= 15 is 0 Å². The molecule has 0 bridgehead atoms. The zero-order chi connectivity index (χ0) is 8.10. The average Bonchev–Trinajstić information content (AvgIpc) is 2.37. The Morgan fingerprint density at radius 2 is 2.45 bits per heavy atom. The van der Waals surface area contributed by atoms with E-state index in [2.05, 4.69) is 7.05 Å². The number of carbonyl (C=O) groups excluding carboxylic acids is 1. The Morgan fingerprint density at radius 1 is 1.64 bits per heavy atom. The van der Waals surface area contributed by atoms with Gasteiger partial charge >= 0.3 is 0 Å². The molecule has 0 saturated carbocycles. The molecule has 2 N–H and O–H groups in total. The minimum absolute atomic E-state index is 0.328. The molecule has 0 aromatic rings. The normalized spacial score (nSPS) is 17.9. The third-order valence-corrected chi connectivity index (χ3v) is 2.01. The van der Waals surface area contributed by atoms with Crippen molar-refractivity contribution in [1.82, 2.24) is 4.90 Å². The van der Waals surface area contributed by atoms with Crippen molar-refractivity contribution < 1.29 is 10.1 Å². The fraction of sp³-hybridized carbons (Fsp3) is 0.750. The second-order valence-electron chi connectivity index (χ2n) is 2.92. The molecule has 11 heavy (non-hydrogen) atoms. The summed E-state index contributed by atoms with van der Waals surface area (Å²) in [7, 11) is 3.64. The number of amides is 1. The van der Waals surface area contributed by atoms with Crippen LogP contribution in [0.4, 0.5) is 0 Å². The molecule has 0 radical (unpaired) electrons. The summed E-state index contributed by atoms with van der Waals surface area (Å²) in [4.78, 5) is 13.0. The Kier molecular flexibility index (Phi) is 3.36. The maximum absolute atomic E-state index is 11.1. The van der Waals surface area contributed by atoms with Crippen LogP contribution in [-0.4, -0.2) is 30.4 Å². The van der Waals surface area contributed by atoms with Crippen molar-refractivity contribution in [1.29, 1.82) is 0 Å². The molecule has 1 fully saturated rings. The van der Waals surface area contributed by atoms with E-state index in [1.807, 2.05) is 10.2 Å². The van der Waals surface area contributed by atoms with E-state index in [4.69, 9.17) is 0 Å². The van der Waals surface area contributed by atoms with E-state index in [0.717, 1.165) is 38.9 Å². The van der Waals surface area contributed by atoms with Crippen molar-refractivity contribution in [3.63, 3.8) is 0 Å². The third-order valence-electron chi connectivity index (χ3n) is 2.01. The average molecular weight is 156 g/mol. The van der Waals surface area contributed by atoms with E-state index in [-0.39, 0.29) is 0 Å². The highest BCUT2D eigenvalue weighted by molar-refractivity contribution is 5.77. The second-order valence-corrected chi connectivity index (χ2v) is 2.92. The molecule has 0 spiro atoms. The van der Waals surface area contributed by atoms with Crippen molar-refractivity contribution in [2.24, 2.45) is 0 Å². The minimum Gasteiger partial charge on any atom is -0.479 e. The van der Waals surface area contributed by atoms with Gasteiger partial charge in [-0.1, -0.05) is 0 Å². The maximum atomic E-state index is 11.1. The van der Waals surface area contributed by atoms with Gasteiger partial charge in [-0.05, 0) is 6.42 Å². The number of quaternary nitrogens is 1. The Hall–Kier alpha value is -0.570. The van der Waals surface area contributed by atoms with Gasteiger partial charge in [0.25, 0.3) is 0 Å². The number of nitrogens with zero attached hydrogens (tertiary/aromatic N) is 1. The van der Waals surface area contributed by atoms with E-state index in [1.54, 1.807) is 0 Å². The van der Waals surface area contributed by atoms with Gasteiger partial charge < -0.3 is 10.2 Å². The van der Waals surface area contributed by atoms with Crippen LogP contribution in [0, 0.1) is 7.05 Å². The number of likely N-dealkylation sites (tertiary alicyclic amines) is 1. The standard InChI is InChI=1S/C8H16N2O/c1-9-5-3-7-10-6-2-4-8(10)11/h1-7,9H2. The lowest BCUT2D eigenvalue weighted by atomic mass is 10.4. The summed E-state index contributed by atoms with van der Waals surface area (Å²) in [6.07, 6.45) is 2.87. The van der Waals surface area contributed by atoms with Gasteiger partial charge in [-0.25, -0.2) is 0 Å². The summed E-state index contributed by atoms with van der Waals surface area (Å²) in [5, 5.41) is 1.90. The first-order valence-corrected chi connectivity index (χ1v) is 4.23. The lowest BCUT2D eigenvalue weighted by molar-refractivity contribution is -0.595. The quantitative estimate of drug-likeness (QED) is 0.426. The molecule has 64 valence electrons. The largest absolute Gasteiger partial charge is 0.479 e. The van der Waals surface area contributed by atoms with Crippen LogP contribution in [-0.2, 0) is 4.79 Å². The zero-order valence-corrected chi connectivity index (χ0v) is 6.88. The first kappa shape index (κ1) is 8.53. The molecule has 1 amide bonds. The van der Waals surface area contributed by atoms with Gasteiger partial charge in [0, 0.05) is 25.9 Å². The van der Waals surface area contributed by atoms with Crippen LogP contribution in [0.5, 0.6) is 0 Å². The molecule has 3 nitrogen and oxygen atoms in total. The van der Waals surface area contributed by atoms with Crippen LogP contribution in [0.25, 0.3) is 0 Å². The van der Waals surface area contributed by atoms with Crippen LogP contribution >= 0.6 is 0 Å². The monoisotopic (exact) mass is 156 g/mol. The van der Waals surface area contributed by atoms with Gasteiger partial charge in [-0.2, -0.15) is 7.05 Å². The molecular weight excluding hydrogens is 140 g/mol. The summed E-state index contributed by atoms with van der Waals surface area (Å²) in [5.74, 6) is 0.328. The van der Waals surface area contributed by atoms with E-state index < -0.39 is 0 Å². The molecule has 1 heterocycles. The van der Waals surface area contributed by atoms with Crippen molar-refractivity contribution in [3.05, 3.63) is 7.05 Å². The van der Waals surface area contributed by atoms with Crippen LogP contribution in [0.1, 0.15) is 19.3 Å². The smallest absolute Gasteiger partial charge is 0.222 e. The van der Waals surface area contributed by atoms with Crippen molar-refractivity contribution in [2.75, 3.05) is 19.6 Å². The number of hydrogen-bond donors (Lipinski definition) is 1. The van der Waals surface area contributed by atoms with Crippen LogP contribution < -0.4 is 5.32 Å². The Bertz CT molecular complexity index is 136. The van der Waals surface area contributed by atoms with Crippen LogP contribution in [0.15, 0.2) is 0 Å². The van der Waals surface area contributed by atoms with Gasteiger partial charge in [-0.15, -0.1) is 0 Å². The molecule has 0 unspecified atom stereocenters. The predicted octanol–water partition coefficient (Wildman–Crippen LogP) is -0.646. The van der Waals surface area contributed by atoms with Gasteiger partial charge in [-0.3, -0.25) is 4.79 Å². The Morgan fingerprint density at radius 3 is 3.00 bits per heavy atom. The fourth-order valence-electron chi connectivity index (χ4n) is 1.37. The number of hydrogen-bond acceptors (Lipinski definition) is 1. The lowest BCUT2D eigenvalue weighted by Gasteiger charge is -2.14. The van der Waals surface area contributed by atoms with E-state index in [9.17, 15) is 4.79 Å². The molecule has 3 heteroatoms. The zero-order valence-electron chi connectivity index (χ0n) is 6.88. The van der Waals surface area contributed by atoms with Gasteiger partial charge in [0.2, 0.25) is 5.91 Å². The summed E-state index contributed by atoms with van der Waals surface area (Å²) >= 11 is 0. The van der Waals surface area contributed by atoms with Crippen molar-refractivity contribution >= 4 is 5.91 Å². The molecule has 0 atom stereocenters. The molecule has 1 aliphatic heterocycles. The van der Waals surface area contributed by atoms with E-state index in [1.165, 1.54) is 0 Å². The van der Waals surface area contributed by atoms with Crippen molar-refractivity contribution in [2.45, 2.75) is 19.3 Å². The van der Waals surface area contributed by atoms with Gasteiger partial charge in [0.1, 0.15) is 0 Å². The Labute approximate surface area is 67.8 Å². The molecule has 1 rings (SSSR count). The predicted molar refractivity (Wildman–Crippen MR) is 42.6 cm³/mol. The minimum atomic E-state index is 0.328. The SMILES string of the molecule is [CH2-][NH2+]CCCN1CCCC1=O. The Balaban J connectivity index is 2.10. The number of nitrogens with two attached hydrogens (primary N) is 1. The van der Waals surface area contributed by atoms with Crippen LogP contribution in [0.2, 0.25) is 0 Å². The molecule has 0 aliphatic carbocycles. The highest BCUT2D eigenvalue weighted by atomic mass is 16.2. The molecule has 0 aromatic heterocycles. The maximum Gasteiger partial charge on any atom is 0.222 e. The summed E-state index contributed by atoms with van der Waals surface area (Å²) in [5.41, 5.74) is 0. The lowest BCUT2D eigenvalue weighted by Crippen LogP contribution is -2.77. The topological polar surface area (TPSA) is 36.9 Å². The summed E-state index contributed by atoms with van der Waals surface area (Å²) in [6.45, 7) is 2.91. The van der Waals surface area contributed by atoms with Gasteiger partial charge in [0.15, 0.2) is 0 Å². The first-order chi connectivity index (χ1) is 5.34. The summed E-state index contributed by atoms with van der Waals surface area (Å²) < 4.78 is 0. The summed E-state index contributed by atoms with van der Waals surface area (Å²) in [6, 6.07) is 0. The molecule has 0 aromatic carbocycles. The number of rotatable bonds is 4. The first-order valence-electron chi connectivity index (χ1n) is 4.23. The molecular formula is C8H16N2O. The molecule has 1 saturated heterocycles. The van der Waals surface area contributed by atoms with E-state index in [0.29, 0.717) is 5.91 Å². The van der Waals surface area contributed by atoms with Crippen LogP contribution in [0.3, 0.4) is 0 Å². The van der Waals surface area contributed by atoms with Gasteiger partial charge in [0.05, 0.1) is 6.54 Å². The highest BCUT2D eigenvalue weighted by Gasteiger charge is 2.18. The fourth-order valence-corrected chi connectivity index (χ4v) is 1.37.